The minimum absolute atomic E-state index is 0.264. The summed E-state index contributed by atoms with van der Waals surface area (Å²) in [5, 5.41) is 12.1. The van der Waals surface area contributed by atoms with Crippen molar-refractivity contribution in [1.82, 2.24) is 5.32 Å². The standard InChI is InChI=1S/C13H13Br2NO4/c14-8-1-2-10(15)9(7-8)11(17)16-13(12(18)19)3-5-20-6-4-13/h1-2,7H,3-6H2,(H,16,17)(H,18,19). The average molecular weight is 407 g/mol. The van der Waals surface area contributed by atoms with Crippen molar-refractivity contribution in [2.75, 3.05) is 13.2 Å². The van der Waals surface area contributed by atoms with E-state index in [1.165, 1.54) is 0 Å². The number of hydrogen-bond donors (Lipinski definition) is 2. The zero-order chi connectivity index (χ0) is 14.8. The van der Waals surface area contributed by atoms with Gasteiger partial charge < -0.3 is 15.2 Å². The maximum Gasteiger partial charge on any atom is 0.329 e. The molecule has 0 spiro atoms. The highest BCUT2D eigenvalue weighted by molar-refractivity contribution is 9.11. The van der Waals surface area contributed by atoms with Crippen LogP contribution in [0.2, 0.25) is 0 Å². The number of carbonyl (C=O) groups excluding carboxylic acids is 1. The molecule has 0 atom stereocenters. The number of carboxylic acid groups (broad SMARTS) is 1. The third-order valence-corrected chi connectivity index (χ3v) is 4.47. The molecule has 0 bridgehead atoms. The third kappa shape index (κ3) is 3.21. The number of benzene rings is 1. The predicted molar refractivity (Wildman–Crippen MR) is 79.7 cm³/mol. The Labute approximate surface area is 132 Å². The minimum Gasteiger partial charge on any atom is -0.480 e. The van der Waals surface area contributed by atoms with Gasteiger partial charge in [-0.1, -0.05) is 15.9 Å². The molecule has 1 heterocycles. The van der Waals surface area contributed by atoms with E-state index in [1.54, 1.807) is 18.2 Å². The molecule has 2 rings (SSSR count). The van der Waals surface area contributed by atoms with Crippen LogP contribution in [0.1, 0.15) is 23.2 Å². The van der Waals surface area contributed by atoms with Gasteiger partial charge in [0.2, 0.25) is 0 Å². The van der Waals surface area contributed by atoms with E-state index in [-0.39, 0.29) is 12.8 Å². The summed E-state index contributed by atoms with van der Waals surface area (Å²) in [6, 6.07) is 5.17. The van der Waals surface area contributed by atoms with Gasteiger partial charge >= 0.3 is 5.97 Å². The smallest absolute Gasteiger partial charge is 0.329 e. The summed E-state index contributed by atoms with van der Waals surface area (Å²) in [6.45, 7) is 0.651. The van der Waals surface area contributed by atoms with Gasteiger partial charge in [-0.3, -0.25) is 4.79 Å². The number of carbonyl (C=O) groups is 2. The van der Waals surface area contributed by atoms with E-state index in [9.17, 15) is 14.7 Å². The first-order valence-electron chi connectivity index (χ1n) is 6.03. The highest BCUT2D eigenvalue weighted by Gasteiger charge is 2.41. The lowest BCUT2D eigenvalue weighted by Crippen LogP contribution is -2.57. The Morgan fingerprint density at radius 2 is 1.90 bits per heavy atom. The van der Waals surface area contributed by atoms with Crippen LogP contribution in [0, 0.1) is 0 Å². The zero-order valence-corrected chi connectivity index (χ0v) is 13.7. The summed E-state index contributed by atoms with van der Waals surface area (Å²) in [5.74, 6) is -1.44. The normalized spacial score (nSPS) is 17.5. The molecular formula is C13H13Br2NO4. The Morgan fingerprint density at radius 3 is 2.50 bits per heavy atom. The molecule has 1 aromatic rings. The molecule has 1 amide bonds. The number of halogens is 2. The van der Waals surface area contributed by atoms with Gasteiger partial charge in [-0.15, -0.1) is 0 Å². The second-order valence-corrected chi connectivity index (χ2v) is 6.35. The number of nitrogens with one attached hydrogen (secondary N) is 1. The number of ether oxygens (including phenoxy) is 1. The van der Waals surface area contributed by atoms with Crippen LogP contribution in [-0.4, -0.2) is 35.7 Å². The van der Waals surface area contributed by atoms with Crippen LogP contribution in [0.25, 0.3) is 0 Å². The van der Waals surface area contributed by atoms with Gasteiger partial charge in [0.05, 0.1) is 5.56 Å². The fourth-order valence-corrected chi connectivity index (χ4v) is 2.86. The lowest BCUT2D eigenvalue weighted by molar-refractivity contribution is -0.148. The summed E-state index contributed by atoms with van der Waals surface area (Å²) < 4.78 is 6.54. The molecule has 1 fully saturated rings. The molecule has 0 aromatic heterocycles. The lowest BCUT2D eigenvalue weighted by Gasteiger charge is -2.34. The summed E-state index contributed by atoms with van der Waals surface area (Å²) >= 11 is 6.59. The van der Waals surface area contributed by atoms with Gasteiger partial charge in [-0.05, 0) is 34.1 Å². The van der Waals surface area contributed by atoms with Gasteiger partial charge in [0.15, 0.2) is 0 Å². The third-order valence-electron chi connectivity index (χ3n) is 3.28. The molecule has 0 aliphatic carbocycles. The molecular weight excluding hydrogens is 394 g/mol. The van der Waals surface area contributed by atoms with Crippen LogP contribution in [0.15, 0.2) is 27.1 Å². The first-order chi connectivity index (χ1) is 9.44. The molecule has 2 N–H and O–H groups in total. The topological polar surface area (TPSA) is 75.6 Å². The lowest BCUT2D eigenvalue weighted by atomic mass is 9.89. The molecule has 0 radical (unpaired) electrons. The summed E-state index contributed by atoms with van der Waals surface area (Å²) in [6.07, 6.45) is 0.527. The molecule has 1 aromatic carbocycles. The molecule has 0 unspecified atom stereocenters. The fraction of sp³-hybridized carbons (Fsp3) is 0.385. The van der Waals surface area contributed by atoms with Crippen LogP contribution in [-0.2, 0) is 9.53 Å². The fourth-order valence-electron chi connectivity index (χ4n) is 2.07. The highest BCUT2D eigenvalue weighted by atomic mass is 79.9. The number of carboxylic acids is 1. The first-order valence-corrected chi connectivity index (χ1v) is 7.62. The minimum atomic E-state index is -1.25. The molecule has 1 aliphatic rings. The molecule has 7 heteroatoms. The van der Waals surface area contributed by atoms with E-state index in [0.717, 1.165) is 4.47 Å². The van der Waals surface area contributed by atoms with Crippen LogP contribution in [0.4, 0.5) is 0 Å². The van der Waals surface area contributed by atoms with E-state index in [0.29, 0.717) is 23.2 Å². The van der Waals surface area contributed by atoms with Crippen molar-refractivity contribution in [3.8, 4) is 0 Å². The molecule has 1 saturated heterocycles. The van der Waals surface area contributed by atoms with Crippen molar-refractivity contribution in [1.29, 1.82) is 0 Å². The molecule has 1 aliphatic heterocycles. The highest BCUT2D eigenvalue weighted by Crippen LogP contribution is 2.25. The Morgan fingerprint density at radius 1 is 1.25 bits per heavy atom. The maximum atomic E-state index is 12.3. The van der Waals surface area contributed by atoms with Gasteiger partial charge in [-0.2, -0.15) is 0 Å². The van der Waals surface area contributed by atoms with Gasteiger partial charge in [0, 0.05) is 35.0 Å². The second-order valence-electron chi connectivity index (χ2n) is 4.58. The van der Waals surface area contributed by atoms with Crippen molar-refractivity contribution >= 4 is 43.7 Å². The van der Waals surface area contributed by atoms with E-state index in [4.69, 9.17) is 4.74 Å². The van der Waals surface area contributed by atoms with E-state index < -0.39 is 17.4 Å². The van der Waals surface area contributed by atoms with E-state index in [2.05, 4.69) is 37.2 Å². The van der Waals surface area contributed by atoms with E-state index in [1.807, 2.05) is 0 Å². The number of amides is 1. The van der Waals surface area contributed by atoms with Crippen molar-refractivity contribution in [3.05, 3.63) is 32.7 Å². The Bertz CT molecular complexity index is 541. The molecule has 5 nitrogen and oxygen atoms in total. The number of rotatable bonds is 3. The van der Waals surface area contributed by atoms with Crippen LogP contribution in [0.5, 0.6) is 0 Å². The zero-order valence-electron chi connectivity index (χ0n) is 10.5. The van der Waals surface area contributed by atoms with Gasteiger partial charge in [-0.25, -0.2) is 4.79 Å². The first kappa shape index (κ1) is 15.5. The SMILES string of the molecule is O=C(NC1(C(=O)O)CCOCC1)c1cc(Br)ccc1Br. The van der Waals surface area contributed by atoms with Gasteiger partial charge in [0.1, 0.15) is 5.54 Å². The van der Waals surface area contributed by atoms with Crippen molar-refractivity contribution in [2.45, 2.75) is 18.4 Å². The van der Waals surface area contributed by atoms with Crippen molar-refractivity contribution < 1.29 is 19.4 Å². The van der Waals surface area contributed by atoms with E-state index >= 15 is 0 Å². The monoisotopic (exact) mass is 405 g/mol. The number of aliphatic carboxylic acids is 1. The Hall–Kier alpha value is -0.920. The largest absolute Gasteiger partial charge is 0.480 e. The Kier molecular flexibility index (Phi) is 4.82. The molecule has 0 saturated carbocycles. The predicted octanol–water partition coefficient (Wildman–Crippen LogP) is 2.58. The summed E-state index contributed by atoms with van der Waals surface area (Å²) in [4.78, 5) is 23.8. The average Bonchev–Trinajstić information content (AvgIpc) is 2.42. The second kappa shape index (κ2) is 6.24. The van der Waals surface area contributed by atoms with Crippen molar-refractivity contribution in [2.24, 2.45) is 0 Å². The van der Waals surface area contributed by atoms with Crippen LogP contribution in [0.3, 0.4) is 0 Å². The number of hydrogen-bond acceptors (Lipinski definition) is 3. The van der Waals surface area contributed by atoms with Gasteiger partial charge in [0.25, 0.3) is 5.91 Å². The van der Waals surface area contributed by atoms with Crippen LogP contribution >= 0.6 is 31.9 Å². The molecule has 20 heavy (non-hydrogen) atoms. The Balaban J connectivity index is 2.24. The van der Waals surface area contributed by atoms with Crippen LogP contribution < -0.4 is 5.32 Å². The van der Waals surface area contributed by atoms with Crippen molar-refractivity contribution in [3.63, 3.8) is 0 Å². The quantitative estimate of drug-likeness (QED) is 0.808. The maximum absolute atomic E-state index is 12.3. The summed E-state index contributed by atoms with van der Waals surface area (Å²) in [5.41, 5.74) is -0.858. The molecule has 108 valence electrons. The summed E-state index contributed by atoms with van der Waals surface area (Å²) in [7, 11) is 0.